The highest BCUT2D eigenvalue weighted by atomic mass is 79.9. The van der Waals surface area contributed by atoms with E-state index in [4.69, 9.17) is 26.6 Å². The van der Waals surface area contributed by atoms with Crippen LogP contribution in [0.1, 0.15) is 44.5 Å². The molecule has 0 spiro atoms. The summed E-state index contributed by atoms with van der Waals surface area (Å²) in [5.74, 6) is 3.28. The summed E-state index contributed by atoms with van der Waals surface area (Å²) in [6, 6.07) is 103. The topological polar surface area (TPSA) is 87.2 Å². The molecule has 8 bridgehead atoms. The van der Waals surface area contributed by atoms with Crippen molar-refractivity contribution >= 4 is 71.1 Å². The normalized spacial score (nSPS) is 12.6. The van der Waals surface area contributed by atoms with E-state index in [0.29, 0.717) is 23.3 Å². The molecule has 0 atom stereocenters. The monoisotopic (exact) mass is 1320 g/mol. The highest BCUT2D eigenvalue weighted by molar-refractivity contribution is 9.10. The van der Waals surface area contributed by atoms with E-state index in [1.807, 2.05) is 97.1 Å². The molecule has 4 heterocycles. The maximum atomic E-state index is 5.99. The second kappa shape index (κ2) is 26.8. The Bertz CT molecular complexity index is 5300. The molecular weight excluding hydrogens is 1260 g/mol. The number of benzene rings is 12. The first kappa shape index (κ1) is 60.0. The van der Waals surface area contributed by atoms with Gasteiger partial charge in [0.25, 0.3) is 0 Å². The highest BCUT2D eigenvalue weighted by Gasteiger charge is 2.21. The van der Waals surface area contributed by atoms with Crippen LogP contribution < -0.4 is 0 Å². The van der Waals surface area contributed by atoms with Gasteiger partial charge in [-0.15, -0.1) is 0 Å². The third kappa shape index (κ3) is 12.3. The molecule has 0 saturated heterocycles. The van der Waals surface area contributed by atoms with Gasteiger partial charge in [0.05, 0.1) is 22.1 Å². The summed E-state index contributed by atoms with van der Waals surface area (Å²) in [6.45, 7) is 0. The fraction of sp³-hybridized carbons (Fsp3) is 0.0930. The smallest absolute Gasteiger partial charge is 0.226 e. The summed E-state index contributed by atoms with van der Waals surface area (Å²) < 4.78 is 6.20. The minimum absolute atomic E-state index is 0.202. The number of aromatic nitrogens is 8. The first-order chi connectivity index (χ1) is 47.4. The summed E-state index contributed by atoms with van der Waals surface area (Å²) in [5, 5.41) is 5.44. The molecule has 0 fully saturated rings. The second-order valence-corrected chi connectivity index (χ2v) is 25.8. The molecule has 12 aromatic carbocycles. The highest BCUT2D eigenvalue weighted by Crippen LogP contribution is 2.38. The molecule has 16 aromatic rings. The molecule has 8 aliphatic carbocycles. The van der Waals surface area contributed by atoms with Crippen LogP contribution >= 0.6 is 27.5 Å². The quantitative estimate of drug-likeness (QED) is 0.158. The minimum atomic E-state index is 0.202. The number of rotatable bonds is 7. The molecular formula is C86H64BrClN8. The van der Waals surface area contributed by atoms with Crippen LogP contribution in [0.15, 0.2) is 296 Å². The second-order valence-electron chi connectivity index (χ2n) is 24.6. The zero-order valence-electron chi connectivity index (χ0n) is 52.7. The van der Waals surface area contributed by atoms with E-state index in [1.54, 1.807) is 0 Å². The van der Waals surface area contributed by atoms with Crippen LogP contribution in [0.2, 0.25) is 5.28 Å². The lowest BCUT2D eigenvalue weighted by molar-refractivity contribution is 0.904. The minimum Gasteiger partial charge on any atom is -0.309 e. The number of hydrogen-bond acceptors (Lipinski definition) is 6. The van der Waals surface area contributed by atoms with E-state index >= 15 is 0 Å². The maximum Gasteiger partial charge on any atom is 0.226 e. The molecule has 0 amide bonds. The molecule has 96 heavy (non-hydrogen) atoms. The van der Waals surface area contributed by atoms with Crippen molar-refractivity contribution in [3.8, 4) is 68.3 Å². The van der Waals surface area contributed by atoms with Crippen LogP contribution in [0.25, 0.3) is 112 Å². The Balaban J connectivity index is 0.000000126. The van der Waals surface area contributed by atoms with E-state index in [0.717, 1.165) is 85.0 Å². The van der Waals surface area contributed by atoms with Crippen molar-refractivity contribution < 1.29 is 0 Å². The van der Waals surface area contributed by atoms with Crippen LogP contribution in [-0.4, -0.2) is 39.0 Å². The Morgan fingerprint density at radius 2 is 0.552 bits per heavy atom. The molecule has 24 rings (SSSR count). The molecule has 0 saturated carbocycles. The largest absolute Gasteiger partial charge is 0.309 e. The van der Waals surface area contributed by atoms with Crippen LogP contribution in [0.3, 0.4) is 0 Å². The summed E-state index contributed by atoms with van der Waals surface area (Å²) in [7, 11) is 0. The molecule has 0 radical (unpaired) electrons. The number of para-hydroxylation sites is 4. The van der Waals surface area contributed by atoms with Gasteiger partial charge in [-0.1, -0.05) is 259 Å². The van der Waals surface area contributed by atoms with Crippen molar-refractivity contribution in [2.45, 2.75) is 51.4 Å². The van der Waals surface area contributed by atoms with Crippen LogP contribution in [0.5, 0.6) is 0 Å². The Morgan fingerprint density at radius 3 is 0.938 bits per heavy atom. The van der Waals surface area contributed by atoms with Gasteiger partial charge in [0.2, 0.25) is 5.28 Å². The molecule has 0 N–H and O–H groups in total. The summed E-state index contributed by atoms with van der Waals surface area (Å²) in [6.07, 6.45) is 7.81. The number of halogens is 2. The molecule has 4 aromatic heterocycles. The SMILES string of the molecule is Brc1cc2ccc1CCc1ccc(c(-n3c4ccccc4c4ccccc43)c1)CC2.Clc1nc(-c2ccccc2)nc(-c2ccccc2)n1.c1ccc(-c2nc(-c3ccccc3)nc(-c3cc4ccc3CCc3ccc(c(-n5c6ccccc6c6ccccc65)c3)CC4)n2)cc1. The third-order valence-corrected chi connectivity index (χ3v) is 19.5. The van der Waals surface area contributed by atoms with Gasteiger partial charge in [-0.05, 0) is 156 Å². The standard InChI is InChI=1S/C43H32N4.C28H22BrN.C15H10ClN3/c1-3-11-33(12-4-1)41-44-42(34-13-5-2-6-14-34)46-43(45-41)37-27-29-19-23-31(37)24-20-30-22-26-32(25-21-29)40(28-30)47-38-17-9-7-15-35(38)36-16-8-10-18-39(36)47;29-25-17-19-9-13-21(25)14-10-20-12-16-22(15-11-19)28(18-20)30-26-7-3-1-5-23(26)24-6-2-4-8-27(24)30;16-15-18-13(11-7-3-1-4-8-11)17-14(19-15)12-9-5-2-6-10-12/h1-19,22-23,26-28H,20-21,24-25H2;1-9,12-13,16-18H,10-11,14-15H2;1-10H. The Kier molecular flexibility index (Phi) is 16.7. The lowest BCUT2D eigenvalue weighted by Gasteiger charge is -2.18. The first-order valence-corrected chi connectivity index (χ1v) is 34.1. The lowest BCUT2D eigenvalue weighted by atomic mass is 9.92. The first-order valence-electron chi connectivity index (χ1n) is 32.9. The van der Waals surface area contributed by atoms with Gasteiger partial charge in [-0.2, -0.15) is 9.97 Å². The lowest BCUT2D eigenvalue weighted by Crippen LogP contribution is -2.07. The van der Waals surface area contributed by atoms with E-state index in [1.165, 1.54) is 104 Å². The Morgan fingerprint density at radius 1 is 0.260 bits per heavy atom. The molecule has 10 heteroatoms. The molecule has 0 unspecified atom stereocenters. The van der Waals surface area contributed by atoms with E-state index in [9.17, 15) is 0 Å². The summed E-state index contributed by atoms with van der Waals surface area (Å²) in [4.78, 5) is 27.9. The zero-order valence-corrected chi connectivity index (χ0v) is 55.0. The predicted molar refractivity (Wildman–Crippen MR) is 397 cm³/mol. The molecule has 0 aliphatic heterocycles. The number of fused-ring (bicyclic) bond motifs is 6. The van der Waals surface area contributed by atoms with Gasteiger partial charge in [0, 0.05) is 65.2 Å². The number of hydrogen-bond donors (Lipinski definition) is 0. The number of nitrogens with zero attached hydrogens (tertiary/aromatic N) is 8. The molecule has 462 valence electrons. The van der Waals surface area contributed by atoms with Gasteiger partial charge in [0.1, 0.15) is 0 Å². The Labute approximate surface area is 571 Å². The van der Waals surface area contributed by atoms with Crippen molar-refractivity contribution in [1.29, 1.82) is 0 Å². The van der Waals surface area contributed by atoms with Crippen LogP contribution in [-0.2, 0) is 51.4 Å². The van der Waals surface area contributed by atoms with Crippen LogP contribution in [0.4, 0.5) is 0 Å². The van der Waals surface area contributed by atoms with Gasteiger partial charge in [-0.3, -0.25) is 0 Å². The van der Waals surface area contributed by atoms with Crippen molar-refractivity contribution in [2.75, 3.05) is 0 Å². The third-order valence-electron chi connectivity index (χ3n) is 18.6. The fourth-order valence-electron chi connectivity index (χ4n) is 13.7. The van der Waals surface area contributed by atoms with Crippen molar-refractivity contribution in [3.05, 3.63) is 345 Å². The molecule has 8 nitrogen and oxygen atoms in total. The van der Waals surface area contributed by atoms with Gasteiger partial charge >= 0.3 is 0 Å². The number of aryl methyl sites for hydroxylation is 8. The average molecular weight is 1320 g/mol. The van der Waals surface area contributed by atoms with Crippen LogP contribution in [0, 0.1) is 0 Å². The van der Waals surface area contributed by atoms with Gasteiger partial charge in [0.15, 0.2) is 29.1 Å². The average Bonchev–Trinajstić information content (AvgIpc) is 1.61. The summed E-state index contributed by atoms with van der Waals surface area (Å²) >= 11 is 9.77. The maximum absolute atomic E-state index is 5.99. The summed E-state index contributed by atoms with van der Waals surface area (Å²) in [5.41, 5.74) is 23.4. The zero-order chi connectivity index (χ0) is 64.3. The van der Waals surface area contributed by atoms with E-state index < -0.39 is 0 Å². The van der Waals surface area contributed by atoms with Crippen molar-refractivity contribution in [1.82, 2.24) is 39.0 Å². The fourth-order valence-corrected chi connectivity index (χ4v) is 14.5. The van der Waals surface area contributed by atoms with Gasteiger partial charge in [-0.25, -0.2) is 19.9 Å². The van der Waals surface area contributed by atoms with Crippen molar-refractivity contribution in [3.63, 3.8) is 0 Å². The van der Waals surface area contributed by atoms with E-state index in [2.05, 4.69) is 234 Å². The van der Waals surface area contributed by atoms with Gasteiger partial charge < -0.3 is 9.13 Å². The van der Waals surface area contributed by atoms with Crippen molar-refractivity contribution in [2.24, 2.45) is 0 Å². The van der Waals surface area contributed by atoms with E-state index in [-0.39, 0.29) is 5.28 Å². The predicted octanol–water partition coefficient (Wildman–Crippen LogP) is 21.1. The molecule has 8 aliphatic rings. The Hall–Kier alpha value is -11.0.